The Balaban J connectivity index is 1.75. The fourth-order valence-corrected chi connectivity index (χ4v) is 3.63. The summed E-state index contributed by atoms with van der Waals surface area (Å²) < 4.78 is 0. The Hall–Kier alpha value is -2.88. The molecule has 1 unspecified atom stereocenters. The zero-order valence-electron chi connectivity index (χ0n) is 12.8. The molecule has 1 fully saturated rings. The number of hydrogen-bond acceptors (Lipinski definition) is 4. The molecule has 0 amide bonds. The SMILES string of the molecule is Cc1ccc2c(c1)N1CC1(c1ccccn1)N2c1ccccn1. The molecule has 0 bridgehead atoms. The molecule has 4 heteroatoms. The van der Waals surface area contributed by atoms with Gasteiger partial charge in [-0.15, -0.1) is 0 Å². The van der Waals surface area contributed by atoms with E-state index in [0.29, 0.717) is 0 Å². The van der Waals surface area contributed by atoms with Crippen LogP contribution in [-0.4, -0.2) is 16.5 Å². The standard InChI is InChI=1S/C19H16N4/c1-14-8-9-15-16(12-14)22-13-19(22,17-6-2-4-10-20-17)23(15)18-7-3-5-11-21-18/h2-12H,13H2,1H3. The average Bonchev–Trinajstić information content (AvgIpc) is 3.28. The van der Waals surface area contributed by atoms with Gasteiger partial charge in [0.05, 0.1) is 23.6 Å². The minimum Gasteiger partial charge on any atom is -0.335 e. The van der Waals surface area contributed by atoms with Crippen molar-refractivity contribution in [2.75, 3.05) is 16.3 Å². The Labute approximate surface area is 135 Å². The van der Waals surface area contributed by atoms with Gasteiger partial charge in [0, 0.05) is 12.4 Å². The number of rotatable bonds is 2. The monoisotopic (exact) mass is 300 g/mol. The van der Waals surface area contributed by atoms with Crippen LogP contribution >= 0.6 is 0 Å². The smallest absolute Gasteiger partial charge is 0.180 e. The zero-order chi connectivity index (χ0) is 15.4. The zero-order valence-corrected chi connectivity index (χ0v) is 12.8. The molecule has 0 N–H and O–H groups in total. The van der Waals surface area contributed by atoms with Crippen molar-refractivity contribution >= 4 is 17.2 Å². The third kappa shape index (κ3) is 1.60. The highest BCUT2D eigenvalue weighted by Crippen LogP contribution is 2.61. The number of nitrogens with zero attached hydrogens (tertiary/aromatic N) is 4. The van der Waals surface area contributed by atoms with E-state index in [1.165, 1.54) is 16.9 Å². The maximum Gasteiger partial charge on any atom is 0.180 e. The lowest BCUT2D eigenvalue weighted by molar-refractivity contribution is 0.700. The van der Waals surface area contributed by atoms with E-state index in [4.69, 9.17) is 0 Å². The van der Waals surface area contributed by atoms with Gasteiger partial charge in [0.15, 0.2) is 5.66 Å². The second-order valence-electron chi connectivity index (χ2n) is 6.13. The van der Waals surface area contributed by atoms with Crippen molar-refractivity contribution in [3.63, 3.8) is 0 Å². The number of aryl methyl sites for hydroxylation is 1. The summed E-state index contributed by atoms with van der Waals surface area (Å²) in [7, 11) is 0. The summed E-state index contributed by atoms with van der Waals surface area (Å²) in [5.41, 5.74) is 4.58. The number of aromatic nitrogens is 2. The predicted octanol–water partition coefficient (Wildman–Crippen LogP) is 3.61. The molecule has 0 spiro atoms. The quantitative estimate of drug-likeness (QED) is 0.677. The Kier molecular flexibility index (Phi) is 2.37. The Bertz CT molecular complexity index is 878. The van der Waals surface area contributed by atoms with Crippen molar-refractivity contribution < 1.29 is 0 Å². The summed E-state index contributed by atoms with van der Waals surface area (Å²) in [6.07, 6.45) is 3.71. The van der Waals surface area contributed by atoms with Crippen LogP contribution in [0.4, 0.5) is 17.2 Å². The predicted molar refractivity (Wildman–Crippen MR) is 90.8 cm³/mol. The van der Waals surface area contributed by atoms with E-state index in [1.807, 2.05) is 30.6 Å². The summed E-state index contributed by atoms with van der Waals surface area (Å²) >= 11 is 0. The Morgan fingerprint density at radius 2 is 1.74 bits per heavy atom. The van der Waals surface area contributed by atoms with Crippen molar-refractivity contribution in [1.82, 2.24) is 9.97 Å². The van der Waals surface area contributed by atoms with Crippen LogP contribution in [0.1, 0.15) is 11.3 Å². The lowest BCUT2D eigenvalue weighted by Crippen LogP contribution is -2.33. The Morgan fingerprint density at radius 1 is 0.913 bits per heavy atom. The first-order valence-electron chi connectivity index (χ1n) is 7.82. The molecule has 112 valence electrons. The first-order chi connectivity index (χ1) is 11.3. The molecule has 3 aromatic rings. The fourth-order valence-electron chi connectivity index (χ4n) is 3.63. The van der Waals surface area contributed by atoms with Crippen LogP contribution in [0.15, 0.2) is 67.0 Å². The third-order valence-corrected chi connectivity index (χ3v) is 4.71. The van der Waals surface area contributed by atoms with Crippen molar-refractivity contribution in [1.29, 1.82) is 0 Å². The number of benzene rings is 1. The summed E-state index contributed by atoms with van der Waals surface area (Å²) in [5.74, 6) is 0.961. The first-order valence-corrected chi connectivity index (χ1v) is 7.82. The van der Waals surface area contributed by atoms with Gasteiger partial charge in [-0.2, -0.15) is 0 Å². The van der Waals surface area contributed by atoms with Gasteiger partial charge in [-0.1, -0.05) is 18.2 Å². The second-order valence-corrected chi connectivity index (χ2v) is 6.13. The largest absolute Gasteiger partial charge is 0.335 e. The molecule has 5 rings (SSSR count). The number of anilines is 3. The Morgan fingerprint density at radius 3 is 2.48 bits per heavy atom. The van der Waals surface area contributed by atoms with Gasteiger partial charge < -0.3 is 4.90 Å². The van der Waals surface area contributed by atoms with Crippen LogP contribution in [0.25, 0.3) is 0 Å². The van der Waals surface area contributed by atoms with Gasteiger partial charge in [-0.25, -0.2) is 4.98 Å². The van der Waals surface area contributed by atoms with Crippen LogP contribution in [-0.2, 0) is 5.66 Å². The molecule has 4 nitrogen and oxygen atoms in total. The van der Waals surface area contributed by atoms with Crippen molar-refractivity contribution in [2.24, 2.45) is 0 Å². The van der Waals surface area contributed by atoms with Crippen LogP contribution in [0, 0.1) is 6.92 Å². The molecule has 0 aliphatic carbocycles. The third-order valence-electron chi connectivity index (χ3n) is 4.71. The molecule has 23 heavy (non-hydrogen) atoms. The minimum absolute atomic E-state index is 0.230. The highest BCUT2D eigenvalue weighted by molar-refractivity contribution is 5.90. The molecule has 1 aromatic carbocycles. The van der Waals surface area contributed by atoms with E-state index >= 15 is 0 Å². The first kappa shape index (κ1) is 12.6. The summed E-state index contributed by atoms with van der Waals surface area (Å²) in [6, 6.07) is 18.8. The topological polar surface area (TPSA) is 32.0 Å². The van der Waals surface area contributed by atoms with Crippen LogP contribution < -0.4 is 9.80 Å². The van der Waals surface area contributed by atoms with E-state index in [1.54, 1.807) is 0 Å². The highest BCUT2D eigenvalue weighted by Gasteiger charge is 2.65. The maximum atomic E-state index is 4.64. The van der Waals surface area contributed by atoms with Gasteiger partial charge in [-0.3, -0.25) is 9.88 Å². The van der Waals surface area contributed by atoms with E-state index in [9.17, 15) is 0 Å². The van der Waals surface area contributed by atoms with Crippen LogP contribution in [0.2, 0.25) is 0 Å². The van der Waals surface area contributed by atoms with Gasteiger partial charge in [0.2, 0.25) is 0 Å². The van der Waals surface area contributed by atoms with Crippen molar-refractivity contribution in [2.45, 2.75) is 12.6 Å². The highest BCUT2D eigenvalue weighted by atomic mass is 15.6. The molecule has 0 radical (unpaired) electrons. The summed E-state index contributed by atoms with van der Waals surface area (Å²) in [6.45, 7) is 3.08. The van der Waals surface area contributed by atoms with E-state index in [0.717, 1.165) is 18.1 Å². The van der Waals surface area contributed by atoms with Crippen LogP contribution in [0.5, 0.6) is 0 Å². The molecule has 1 atom stereocenters. The second kappa shape index (κ2) is 4.32. The minimum atomic E-state index is -0.230. The summed E-state index contributed by atoms with van der Waals surface area (Å²) in [5, 5.41) is 0. The lowest BCUT2D eigenvalue weighted by atomic mass is 10.1. The van der Waals surface area contributed by atoms with Gasteiger partial charge >= 0.3 is 0 Å². The molecule has 1 saturated heterocycles. The van der Waals surface area contributed by atoms with E-state index in [2.05, 4.69) is 63.1 Å². The van der Waals surface area contributed by atoms with Crippen LogP contribution in [0.3, 0.4) is 0 Å². The number of hydrogen-bond donors (Lipinski definition) is 0. The van der Waals surface area contributed by atoms with E-state index < -0.39 is 0 Å². The molecule has 2 aliphatic heterocycles. The van der Waals surface area contributed by atoms with Gasteiger partial charge in [0.25, 0.3) is 0 Å². The van der Waals surface area contributed by atoms with Gasteiger partial charge in [-0.05, 0) is 48.9 Å². The lowest BCUT2D eigenvalue weighted by Gasteiger charge is -2.27. The van der Waals surface area contributed by atoms with E-state index in [-0.39, 0.29) is 5.66 Å². The molecular weight excluding hydrogens is 284 g/mol. The van der Waals surface area contributed by atoms with Crippen molar-refractivity contribution in [3.8, 4) is 0 Å². The normalized spacial score (nSPS) is 21.1. The number of pyridine rings is 2. The molecule has 2 aliphatic rings. The molecular formula is C19H16N4. The van der Waals surface area contributed by atoms with Crippen molar-refractivity contribution in [3.05, 3.63) is 78.2 Å². The maximum absolute atomic E-state index is 4.64. The average molecular weight is 300 g/mol. The van der Waals surface area contributed by atoms with Gasteiger partial charge in [0.1, 0.15) is 5.82 Å². The fraction of sp³-hybridized carbons (Fsp3) is 0.158. The molecule has 2 aromatic heterocycles. The summed E-state index contributed by atoms with van der Waals surface area (Å²) in [4.78, 5) is 14.0. The number of fused-ring (bicyclic) bond motifs is 3. The molecule has 0 saturated carbocycles. The molecule has 4 heterocycles.